The highest BCUT2D eigenvalue weighted by Gasteiger charge is 2.32. The second-order valence-electron chi connectivity index (χ2n) is 5.13. The lowest BCUT2D eigenvalue weighted by Crippen LogP contribution is -2.58. The molecule has 3 rings (SSSR count). The van der Waals surface area contributed by atoms with E-state index in [0.29, 0.717) is 16.6 Å². The molecule has 1 aliphatic rings. The minimum atomic E-state index is -0.00551. The van der Waals surface area contributed by atoms with E-state index in [-0.39, 0.29) is 5.91 Å². The third-order valence-corrected chi connectivity index (χ3v) is 4.98. The van der Waals surface area contributed by atoms with Gasteiger partial charge in [0.1, 0.15) is 9.71 Å². The summed E-state index contributed by atoms with van der Waals surface area (Å²) in [6.45, 7) is 5.32. The number of nitrogen functional groups attached to an aromatic ring is 1. The fourth-order valence-corrected chi connectivity index (χ4v) is 3.44. The highest BCUT2D eigenvalue weighted by Crippen LogP contribution is 2.36. The Bertz CT molecular complexity index is 690. The molecule has 1 aliphatic heterocycles. The first-order chi connectivity index (χ1) is 9.52. The molecule has 0 spiro atoms. The Labute approximate surface area is 121 Å². The third-order valence-electron chi connectivity index (χ3n) is 3.91. The number of nitrogens with one attached hydrogen (secondary N) is 1. The standard InChI is InChI=1S/C13H17N5OS/c1-6-7(2)16-17-12-9(6)10(14)11(20-12)13(19)18-4-8(5-18)15-3/h8,15H,4-5,14H2,1-3H3. The highest BCUT2D eigenvalue weighted by atomic mass is 32.1. The molecule has 1 saturated heterocycles. The van der Waals surface area contributed by atoms with Crippen molar-refractivity contribution in [2.75, 3.05) is 25.9 Å². The average Bonchev–Trinajstić information content (AvgIpc) is 2.70. The van der Waals surface area contributed by atoms with Crippen molar-refractivity contribution in [1.29, 1.82) is 0 Å². The van der Waals surface area contributed by atoms with E-state index in [0.717, 1.165) is 34.6 Å². The van der Waals surface area contributed by atoms with E-state index in [1.54, 1.807) is 4.90 Å². The van der Waals surface area contributed by atoms with Gasteiger partial charge in [-0.2, -0.15) is 5.10 Å². The summed E-state index contributed by atoms with van der Waals surface area (Å²) in [5.41, 5.74) is 8.56. The SMILES string of the molecule is CNC1CN(C(=O)c2sc3nnc(C)c(C)c3c2N)C1. The van der Waals surface area contributed by atoms with Gasteiger partial charge in [0, 0.05) is 24.5 Å². The van der Waals surface area contributed by atoms with E-state index in [1.807, 2.05) is 20.9 Å². The fraction of sp³-hybridized carbons (Fsp3) is 0.462. The molecule has 3 N–H and O–H groups in total. The molecule has 0 aliphatic carbocycles. The topological polar surface area (TPSA) is 84.1 Å². The maximum atomic E-state index is 12.5. The molecular weight excluding hydrogens is 274 g/mol. The van der Waals surface area contributed by atoms with Gasteiger partial charge in [0.2, 0.25) is 0 Å². The molecule has 0 atom stereocenters. The van der Waals surface area contributed by atoms with Crippen molar-refractivity contribution in [1.82, 2.24) is 20.4 Å². The van der Waals surface area contributed by atoms with Crippen molar-refractivity contribution in [2.45, 2.75) is 19.9 Å². The van der Waals surface area contributed by atoms with Gasteiger partial charge in [-0.15, -0.1) is 16.4 Å². The van der Waals surface area contributed by atoms with Crippen LogP contribution in [0.4, 0.5) is 5.69 Å². The maximum Gasteiger partial charge on any atom is 0.266 e. The first-order valence-corrected chi connectivity index (χ1v) is 7.33. The number of likely N-dealkylation sites (N-methyl/N-ethyl adjacent to an activating group) is 1. The van der Waals surface area contributed by atoms with Crippen LogP contribution in [0.15, 0.2) is 0 Å². The monoisotopic (exact) mass is 291 g/mol. The van der Waals surface area contributed by atoms with Crippen LogP contribution in [-0.4, -0.2) is 47.2 Å². The van der Waals surface area contributed by atoms with Crippen LogP contribution in [0.5, 0.6) is 0 Å². The number of aryl methyl sites for hydroxylation is 2. The van der Waals surface area contributed by atoms with Crippen molar-refractivity contribution in [3.63, 3.8) is 0 Å². The molecule has 0 radical (unpaired) electrons. The Morgan fingerprint density at radius 1 is 1.40 bits per heavy atom. The molecule has 6 nitrogen and oxygen atoms in total. The quantitative estimate of drug-likeness (QED) is 0.860. The molecule has 7 heteroatoms. The maximum absolute atomic E-state index is 12.5. The van der Waals surface area contributed by atoms with Gasteiger partial charge in [0.15, 0.2) is 0 Å². The summed E-state index contributed by atoms with van der Waals surface area (Å²) in [5.74, 6) is -0.00551. The van der Waals surface area contributed by atoms with Crippen LogP contribution in [-0.2, 0) is 0 Å². The van der Waals surface area contributed by atoms with Gasteiger partial charge in [0.25, 0.3) is 5.91 Å². The van der Waals surface area contributed by atoms with Crippen molar-refractivity contribution in [2.24, 2.45) is 0 Å². The second kappa shape index (κ2) is 4.68. The Balaban J connectivity index is 1.99. The number of carbonyl (C=O) groups excluding carboxylic acids is 1. The van der Waals surface area contributed by atoms with Crippen LogP contribution in [0, 0.1) is 13.8 Å². The summed E-state index contributed by atoms with van der Waals surface area (Å²) in [5, 5.41) is 12.3. The second-order valence-corrected chi connectivity index (χ2v) is 6.13. The number of carbonyl (C=O) groups is 1. The number of fused-ring (bicyclic) bond motifs is 1. The van der Waals surface area contributed by atoms with E-state index in [1.165, 1.54) is 11.3 Å². The number of nitrogens with two attached hydrogens (primary N) is 1. The summed E-state index contributed by atoms with van der Waals surface area (Å²) in [6, 6.07) is 0.387. The fourth-order valence-electron chi connectivity index (χ4n) is 2.37. The van der Waals surface area contributed by atoms with Crippen molar-refractivity contribution in [3.05, 3.63) is 16.1 Å². The summed E-state index contributed by atoms with van der Waals surface area (Å²) < 4.78 is 0. The lowest BCUT2D eigenvalue weighted by atomic mass is 10.1. The van der Waals surface area contributed by atoms with E-state index in [9.17, 15) is 4.79 Å². The summed E-state index contributed by atoms with van der Waals surface area (Å²) in [6.07, 6.45) is 0. The highest BCUT2D eigenvalue weighted by molar-refractivity contribution is 7.21. The van der Waals surface area contributed by atoms with Gasteiger partial charge in [-0.1, -0.05) is 0 Å². The largest absolute Gasteiger partial charge is 0.397 e. The van der Waals surface area contributed by atoms with Gasteiger partial charge in [-0.05, 0) is 26.5 Å². The Morgan fingerprint density at radius 2 is 2.10 bits per heavy atom. The van der Waals surface area contributed by atoms with Crippen molar-refractivity contribution < 1.29 is 4.79 Å². The van der Waals surface area contributed by atoms with Gasteiger partial charge >= 0.3 is 0 Å². The zero-order valence-electron chi connectivity index (χ0n) is 11.7. The van der Waals surface area contributed by atoms with E-state index >= 15 is 0 Å². The lowest BCUT2D eigenvalue weighted by molar-refractivity contribution is 0.0583. The Morgan fingerprint density at radius 3 is 2.75 bits per heavy atom. The van der Waals surface area contributed by atoms with Gasteiger partial charge in [0.05, 0.1) is 11.4 Å². The molecule has 2 aromatic heterocycles. The molecule has 20 heavy (non-hydrogen) atoms. The normalized spacial score (nSPS) is 15.7. The number of rotatable bonds is 2. The molecule has 2 aromatic rings. The molecular formula is C13H17N5OS. The number of amides is 1. The molecule has 0 aromatic carbocycles. The number of nitrogens with zero attached hydrogens (tertiary/aromatic N) is 3. The van der Waals surface area contributed by atoms with Gasteiger partial charge in [-0.3, -0.25) is 4.79 Å². The predicted molar refractivity (Wildman–Crippen MR) is 80.1 cm³/mol. The summed E-state index contributed by atoms with van der Waals surface area (Å²) in [7, 11) is 1.90. The zero-order chi connectivity index (χ0) is 14.4. The van der Waals surface area contributed by atoms with Crippen LogP contribution in [0.2, 0.25) is 0 Å². The van der Waals surface area contributed by atoms with Crippen molar-refractivity contribution >= 4 is 33.1 Å². The van der Waals surface area contributed by atoms with Crippen LogP contribution in [0.1, 0.15) is 20.9 Å². The molecule has 0 bridgehead atoms. The number of aromatic nitrogens is 2. The summed E-state index contributed by atoms with van der Waals surface area (Å²) in [4.78, 5) is 15.6. The molecule has 1 fully saturated rings. The molecule has 3 heterocycles. The van der Waals surface area contributed by atoms with Crippen molar-refractivity contribution in [3.8, 4) is 0 Å². The molecule has 0 saturated carbocycles. The van der Waals surface area contributed by atoms with Gasteiger partial charge in [-0.25, -0.2) is 0 Å². The number of anilines is 1. The Kier molecular flexibility index (Phi) is 3.10. The number of hydrogen-bond donors (Lipinski definition) is 2. The summed E-state index contributed by atoms with van der Waals surface area (Å²) >= 11 is 1.33. The van der Waals surface area contributed by atoms with Crippen LogP contribution < -0.4 is 11.1 Å². The average molecular weight is 291 g/mol. The first kappa shape index (κ1) is 13.3. The lowest BCUT2D eigenvalue weighted by Gasteiger charge is -2.38. The first-order valence-electron chi connectivity index (χ1n) is 6.51. The third kappa shape index (κ3) is 1.85. The van der Waals surface area contributed by atoms with Crippen LogP contribution in [0.3, 0.4) is 0 Å². The molecule has 1 amide bonds. The minimum absolute atomic E-state index is 0.00551. The number of likely N-dealkylation sites (tertiary alicyclic amines) is 1. The predicted octanol–water partition coefficient (Wildman–Crippen LogP) is 0.934. The molecule has 0 unspecified atom stereocenters. The van der Waals surface area contributed by atoms with E-state index in [4.69, 9.17) is 5.73 Å². The van der Waals surface area contributed by atoms with E-state index in [2.05, 4.69) is 15.5 Å². The minimum Gasteiger partial charge on any atom is -0.397 e. The van der Waals surface area contributed by atoms with Crippen LogP contribution in [0.25, 0.3) is 10.2 Å². The smallest absolute Gasteiger partial charge is 0.266 e. The van der Waals surface area contributed by atoms with Crippen LogP contribution >= 0.6 is 11.3 Å². The number of thiophene rings is 1. The number of hydrogen-bond acceptors (Lipinski definition) is 6. The zero-order valence-corrected chi connectivity index (χ0v) is 12.5. The molecule has 106 valence electrons. The van der Waals surface area contributed by atoms with E-state index < -0.39 is 0 Å². The van der Waals surface area contributed by atoms with Gasteiger partial charge < -0.3 is 16.0 Å². The Hall–Kier alpha value is -1.73.